The van der Waals surface area contributed by atoms with Crippen LogP contribution in [0.2, 0.25) is 10.2 Å². The third kappa shape index (κ3) is 2.94. The first-order valence-corrected chi connectivity index (χ1v) is 5.98. The van der Waals surface area contributed by atoms with E-state index in [1.54, 1.807) is 12.1 Å². The van der Waals surface area contributed by atoms with Crippen LogP contribution in [0.1, 0.15) is 16.7 Å². The van der Waals surface area contributed by atoms with Crippen LogP contribution in [0.25, 0.3) is 0 Å². The molecule has 4 heteroatoms. The lowest BCUT2D eigenvalue weighted by molar-refractivity contribution is 0.504. The maximum atomic E-state index is 6.21. The molecule has 0 saturated carbocycles. The molecule has 1 aromatic heterocycles. The van der Waals surface area contributed by atoms with Gasteiger partial charge in [0.25, 0.3) is 0 Å². The van der Waals surface area contributed by atoms with Gasteiger partial charge in [-0.3, -0.25) is 0 Å². The summed E-state index contributed by atoms with van der Waals surface area (Å²) in [6, 6.07) is 11.1. The molecular formula is C12H9Cl3O. The number of hydrogen-bond donors (Lipinski definition) is 0. The number of halogens is 3. The van der Waals surface area contributed by atoms with Crippen LogP contribution >= 0.6 is 34.8 Å². The van der Waals surface area contributed by atoms with Crippen LogP contribution in [0.3, 0.4) is 0 Å². The van der Waals surface area contributed by atoms with Gasteiger partial charge in [0.15, 0.2) is 5.22 Å². The van der Waals surface area contributed by atoms with E-state index in [-0.39, 0.29) is 5.38 Å². The van der Waals surface area contributed by atoms with Gasteiger partial charge in [0.2, 0.25) is 0 Å². The van der Waals surface area contributed by atoms with Crippen LogP contribution in [0.5, 0.6) is 0 Å². The molecule has 0 radical (unpaired) electrons. The number of alkyl halides is 1. The van der Waals surface area contributed by atoms with Crippen LogP contribution in [0.4, 0.5) is 0 Å². The fourth-order valence-corrected chi connectivity index (χ4v) is 2.00. The summed E-state index contributed by atoms with van der Waals surface area (Å²) in [5, 5.41) is 0.862. The summed E-state index contributed by atoms with van der Waals surface area (Å²) < 4.78 is 5.25. The highest BCUT2D eigenvalue weighted by molar-refractivity contribution is 6.30. The van der Waals surface area contributed by atoms with Gasteiger partial charge >= 0.3 is 0 Å². The highest BCUT2D eigenvalue weighted by Gasteiger charge is 2.12. The second kappa shape index (κ2) is 5.13. The van der Waals surface area contributed by atoms with Crippen LogP contribution in [0, 0.1) is 0 Å². The normalized spacial score (nSPS) is 12.7. The summed E-state index contributed by atoms with van der Waals surface area (Å²) in [5.41, 5.74) is 1.11. The molecular weight excluding hydrogens is 266 g/mol. The minimum Gasteiger partial charge on any atom is -0.448 e. The zero-order valence-corrected chi connectivity index (χ0v) is 10.6. The largest absolute Gasteiger partial charge is 0.448 e. The second-order valence-electron chi connectivity index (χ2n) is 3.44. The summed E-state index contributed by atoms with van der Waals surface area (Å²) in [6.07, 6.45) is 0.683. The molecule has 2 rings (SSSR count). The molecule has 2 aromatic rings. The van der Waals surface area contributed by atoms with E-state index in [0.717, 1.165) is 10.6 Å². The summed E-state index contributed by atoms with van der Waals surface area (Å²) in [5.74, 6) is 0.682. The van der Waals surface area contributed by atoms with Gasteiger partial charge in [-0.05, 0) is 47.9 Å². The average molecular weight is 276 g/mol. The molecule has 1 atom stereocenters. The summed E-state index contributed by atoms with van der Waals surface area (Å²) in [7, 11) is 0. The Bertz CT molecular complexity index is 461. The van der Waals surface area contributed by atoms with E-state index in [1.807, 2.05) is 24.3 Å². The summed E-state index contributed by atoms with van der Waals surface area (Å²) >= 11 is 17.7. The van der Waals surface area contributed by atoms with Crippen molar-refractivity contribution >= 4 is 34.8 Å². The molecule has 16 heavy (non-hydrogen) atoms. The fourth-order valence-electron chi connectivity index (χ4n) is 1.42. The maximum Gasteiger partial charge on any atom is 0.193 e. The molecule has 1 heterocycles. The minimum atomic E-state index is -0.214. The quantitative estimate of drug-likeness (QED) is 0.710. The van der Waals surface area contributed by atoms with Gasteiger partial charge in [-0.15, -0.1) is 11.6 Å². The van der Waals surface area contributed by atoms with Crippen LogP contribution in [0.15, 0.2) is 40.8 Å². The molecule has 0 N–H and O–H groups in total. The predicted octanol–water partition coefficient (Wildman–Crippen LogP) is 5.11. The van der Waals surface area contributed by atoms with Crippen LogP contribution < -0.4 is 0 Å². The molecule has 0 amide bonds. The van der Waals surface area contributed by atoms with Crippen molar-refractivity contribution in [1.29, 1.82) is 0 Å². The molecule has 0 saturated heterocycles. The van der Waals surface area contributed by atoms with Crippen molar-refractivity contribution in [3.05, 3.63) is 58.0 Å². The first-order valence-electron chi connectivity index (χ1n) is 4.79. The number of rotatable bonds is 3. The zero-order valence-electron chi connectivity index (χ0n) is 8.29. The summed E-state index contributed by atoms with van der Waals surface area (Å²) in [4.78, 5) is 0. The number of furan rings is 1. The predicted molar refractivity (Wildman–Crippen MR) is 67.5 cm³/mol. The zero-order chi connectivity index (χ0) is 11.5. The Balaban J connectivity index is 2.07. The van der Waals surface area contributed by atoms with E-state index in [9.17, 15) is 0 Å². The Morgan fingerprint density at radius 2 is 1.69 bits per heavy atom. The molecule has 0 aliphatic heterocycles. The molecule has 0 aliphatic rings. The van der Waals surface area contributed by atoms with Crippen molar-refractivity contribution < 1.29 is 4.42 Å². The van der Waals surface area contributed by atoms with Gasteiger partial charge in [-0.2, -0.15) is 0 Å². The van der Waals surface area contributed by atoms with E-state index in [1.165, 1.54) is 0 Å². The van der Waals surface area contributed by atoms with Gasteiger partial charge in [0.05, 0.1) is 5.38 Å². The van der Waals surface area contributed by atoms with Crippen molar-refractivity contribution in [3.63, 3.8) is 0 Å². The standard InChI is InChI=1S/C12H9Cl3O/c13-9-3-1-8(2-4-9)7-10(14)11-5-6-12(15)16-11/h1-6,10H,7H2. The second-order valence-corrected chi connectivity index (χ2v) is 4.78. The van der Waals surface area contributed by atoms with Gasteiger partial charge in [-0.25, -0.2) is 0 Å². The average Bonchev–Trinajstić information content (AvgIpc) is 2.68. The molecule has 0 fully saturated rings. The number of hydrogen-bond acceptors (Lipinski definition) is 1. The Morgan fingerprint density at radius 1 is 1.00 bits per heavy atom. The molecule has 0 spiro atoms. The lowest BCUT2D eigenvalue weighted by Crippen LogP contribution is -1.93. The van der Waals surface area contributed by atoms with Crippen molar-refractivity contribution in [1.82, 2.24) is 0 Å². The molecule has 1 aromatic carbocycles. The van der Waals surface area contributed by atoms with Crippen molar-refractivity contribution in [2.45, 2.75) is 11.8 Å². The lowest BCUT2D eigenvalue weighted by atomic mass is 10.1. The minimum absolute atomic E-state index is 0.214. The summed E-state index contributed by atoms with van der Waals surface area (Å²) in [6.45, 7) is 0. The van der Waals surface area contributed by atoms with Crippen molar-refractivity contribution in [2.24, 2.45) is 0 Å². The first-order chi connectivity index (χ1) is 7.65. The van der Waals surface area contributed by atoms with E-state index in [0.29, 0.717) is 17.4 Å². The lowest BCUT2D eigenvalue weighted by Gasteiger charge is -2.06. The topological polar surface area (TPSA) is 13.1 Å². The molecule has 84 valence electrons. The van der Waals surface area contributed by atoms with Gasteiger partial charge in [-0.1, -0.05) is 23.7 Å². The monoisotopic (exact) mass is 274 g/mol. The Hall–Kier alpha value is -0.630. The highest BCUT2D eigenvalue weighted by atomic mass is 35.5. The van der Waals surface area contributed by atoms with Crippen LogP contribution in [-0.4, -0.2) is 0 Å². The SMILES string of the molecule is Clc1ccc(CC(Cl)c2ccc(Cl)o2)cc1. The van der Waals surface area contributed by atoms with E-state index >= 15 is 0 Å². The first kappa shape index (κ1) is 11.8. The highest BCUT2D eigenvalue weighted by Crippen LogP contribution is 2.28. The molecule has 0 bridgehead atoms. The number of benzene rings is 1. The van der Waals surface area contributed by atoms with Crippen LogP contribution in [-0.2, 0) is 6.42 Å². The van der Waals surface area contributed by atoms with Crippen molar-refractivity contribution in [2.75, 3.05) is 0 Å². The van der Waals surface area contributed by atoms with Gasteiger partial charge in [0.1, 0.15) is 5.76 Å². The van der Waals surface area contributed by atoms with Gasteiger partial charge < -0.3 is 4.42 Å². The molecule has 1 nitrogen and oxygen atoms in total. The third-order valence-corrected chi connectivity index (χ3v) is 3.06. The Kier molecular flexibility index (Phi) is 3.80. The molecule has 0 aliphatic carbocycles. The van der Waals surface area contributed by atoms with Crippen molar-refractivity contribution in [3.8, 4) is 0 Å². The Morgan fingerprint density at radius 3 is 2.25 bits per heavy atom. The smallest absolute Gasteiger partial charge is 0.193 e. The maximum absolute atomic E-state index is 6.21. The van der Waals surface area contributed by atoms with E-state index in [4.69, 9.17) is 39.2 Å². The van der Waals surface area contributed by atoms with Gasteiger partial charge in [0, 0.05) is 5.02 Å². The third-order valence-electron chi connectivity index (χ3n) is 2.23. The molecule has 1 unspecified atom stereocenters. The van der Waals surface area contributed by atoms with E-state index in [2.05, 4.69) is 0 Å². The Labute approximate surface area is 109 Å². The van der Waals surface area contributed by atoms with E-state index < -0.39 is 0 Å². The fraction of sp³-hybridized carbons (Fsp3) is 0.167.